The van der Waals surface area contributed by atoms with Crippen LogP contribution in [0.3, 0.4) is 0 Å². The molecule has 2 aromatic heterocycles. The number of thiophene rings is 1. The molecule has 1 fully saturated rings. The molecular formula is C30H32N4O2S2. The zero-order valence-electron chi connectivity index (χ0n) is 21.5. The molecular weight excluding hydrogens is 512 g/mol. The van der Waals surface area contributed by atoms with Gasteiger partial charge in [-0.25, -0.2) is 4.98 Å². The van der Waals surface area contributed by atoms with Gasteiger partial charge in [-0.3, -0.25) is 14.2 Å². The van der Waals surface area contributed by atoms with Gasteiger partial charge in [-0.15, -0.1) is 11.3 Å². The van der Waals surface area contributed by atoms with E-state index in [9.17, 15) is 9.59 Å². The van der Waals surface area contributed by atoms with E-state index in [4.69, 9.17) is 4.98 Å². The quantitative estimate of drug-likeness (QED) is 0.236. The molecule has 0 unspecified atom stereocenters. The third kappa shape index (κ3) is 5.24. The predicted molar refractivity (Wildman–Crippen MR) is 157 cm³/mol. The lowest BCUT2D eigenvalue weighted by molar-refractivity contribution is -0.131. The molecule has 0 N–H and O–H groups in total. The summed E-state index contributed by atoms with van der Waals surface area (Å²) >= 11 is 3.22. The maximum atomic E-state index is 13.8. The van der Waals surface area contributed by atoms with Gasteiger partial charge in [0.2, 0.25) is 5.91 Å². The fourth-order valence-electron chi connectivity index (χ4n) is 5.48. The van der Waals surface area contributed by atoms with Crippen molar-refractivity contribution in [1.82, 2.24) is 14.5 Å². The number of anilines is 1. The van der Waals surface area contributed by atoms with Gasteiger partial charge in [0.05, 0.1) is 11.9 Å². The van der Waals surface area contributed by atoms with Crippen LogP contribution in [0, 0.1) is 0 Å². The summed E-state index contributed by atoms with van der Waals surface area (Å²) < 4.78 is 1.83. The van der Waals surface area contributed by atoms with Gasteiger partial charge in [-0.2, -0.15) is 0 Å². The summed E-state index contributed by atoms with van der Waals surface area (Å²) in [7, 11) is 0. The Balaban J connectivity index is 1.16. The average molecular weight is 545 g/mol. The number of carbonyl (C=O) groups excluding carboxylic acids is 1. The minimum absolute atomic E-state index is 0.0594. The van der Waals surface area contributed by atoms with Crippen LogP contribution >= 0.6 is 23.1 Å². The summed E-state index contributed by atoms with van der Waals surface area (Å²) in [5, 5.41) is 1.53. The second-order valence-corrected chi connectivity index (χ2v) is 12.1. The molecule has 0 spiro atoms. The maximum absolute atomic E-state index is 13.8. The number of thioether (sulfide) groups is 1. The summed E-state index contributed by atoms with van der Waals surface area (Å²) in [4.78, 5) is 38.3. The molecule has 1 saturated heterocycles. The van der Waals surface area contributed by atoms with E-state index in [2.05, 4.69) is 29.2 Å². The topological polar surface area (TPSA) is 58.4 Å². The van der Waals surface area contributed by atoms with Crippen molar-refractivity contribution in [3.05, 3.63) is 87.0 Å². The maximum Gasteiger partial charge on any atom is 0.263 e. The highest BCUT2D eigenvalue weighted by atomic mass is 32.2. The zero-order chi connectivity index (χ0) is 25.9. The predicted octanol–water partition coefficient (Wildman–Crippen LogP) is 5.22. The van der Waals surface area contributed by atoms with Crippen molar-refractivity contribution < 1.29 is 4.79 Å². The SMILES string of the molecule is O=C(CCSc1nc2sc3c(c2c(=O)n1Cc1ccccc1)CCCC3)N1CCN(c2ccccc2)CC1. The molecule has 0 atom stereocenters. The number of nitrogens with zero attached hydrogens (tertiary/aromatic N) is 4. The molecule has 38 heavy (non-hydrogen) atoms. The van der Waals surface area contributed by atoms with E-state index in [1.54, 1.807) is 11.3 Å². The van der Waals surface area contributed by atoms with Gasteiger partial charge in [0.1, 0.15) is 4.83 Å². The highest BCUT2D eigenvalue weighted by Crippen LogP contribution is 2.35. The molecule has 4 aromatic rings. The number of hydrogen-bond acceptors (Lipinski definition) is 6. The van der Waals surface area contributed by atoms with Gasteiger partial charge in [0, 0.05) is 48.9 Å². The molecule has 0 bridgehead atoms. The van der Waals surface area contributed by atoms with Gasteiger partial charge >= 0.3 is 0 Å². The number of rotatable bonds is 7. The van der Waals surface area contributed by atoms with Crippen LogP contribution in [0.25, 0.3) is 10.2 Å². The largest absolute Gasteiger partial charge is 0.368 e. The summed E-state index contributed by atoms with van der Waals surface area (Å²) in [5.41, 5.74) is 3.57. The van der Waals surface area contributed by atoms with E-state index in [1.165, 1.54) is 34.3 Å². The Morgan fingerprint density at radius 2 is 1.63 bits per heavy atom. The van der Waals surface area contributed by atoms with Crippen LogP contribution in [0.4, 0.5) is 5.69 Å². The molecule has 6 nitrogen and oxygen atoms in total. The molecule has 0 saturated carbocycles. The Hall–Kier alpha value is -3.10. The van der Waals surface area contributed by atoms with Crippen molar-refractivity contribution in [2.75, 3.05) is 36.8 Å². The monoisotopic (exact) mass is 544 g/mol. The van der Waals surface area contributed by atoms with Crippen LogP contribution in [-0.4, -0.2) is 52.3 Å². The molecule has 2 aromatic carbocycles. The van der Waals surface area contributed by atoms with Gasteiger partial charge in [0.15, 0.2) is 5.16 Å². The van der Waals surface area contributed by atoms with Crippen molar-refractivity contribution >= 4 is 44.9 Å². The van der Waals surface area contributed by atoms with Crippen LogP contribution in [-0.2, 0) is 24.2 Å². The van der Waals surface area contributed by atoms with Crippen LogP contribution in [0.2, 0.25) is 0 Å². The highest BCUT2D eigenvalue weighted by Gasteiger charge is 2.24. The molecule has 1 aliphatic carbocycles. The van der Waals surface area contributed by atoms with E-state index in [1.807, 2.05) is 45.9 Å². The standard InChI is InChI=1S/C30H32N4O2S2/c35-26(33-18-16-32(17-19-33)23-11-5-2-6-12-23)15-20-37-30-31-28-27(24-13-7-8-14-25(24)38-28)29(36)34(30)21-22-9-3-1-4-10-22/h1-6,9-12H,7-8,13-21H2. The Morgan fingerprint density at radius 1 is 0.921 bits per heavy atom. The fraction of sp³-hybridized carbons (Fsp3) is 0.367. The number of fused-ring (bicyclic) bond motifs is 3. The van der Waals surface area contributed by atoms with Gasteiger partial charge in [-0.1, -0.05) is 60.3 Å². The Bertz CT molecular complexity index is 1480. The number of benzene rings is 2. The third-order valence-electron chi connectivity index (χ3n) is 7.52. The molecule has 1 amide bonds. The molecule has 8 heteroatoms. The normalized spacial score (nSPS) is 15.6. The first-order chi connectivity index (χ1) is 18.7. The van der Waals surface area contributed by atoms with E-state index < -0.39 is 0 Å². The van der Waals surface area contributed by atoms with Crippen molar-refractivity contribution in [2.45, 2.75) is 43.8 Å². The van der Waals surface area contributed by atoms with E-state index in [-0.39, 0.29) is 11.5 Å². The van der Waals surface area contributed by atoms with Gasteiger partial charge < -0.3 is 9.80 Å². The lowest BCUT2D eigenvalue weighted by atomic mass is 9.97. The van der Waals surface area contributed by atoms with Gasteiger partial charge in [0.25, 0.3) is 5.56 Å². The summed E-state index contributed by atoms with van der Waals surface area (Å²) in [5.74, 6) is 0.782. The van der Waals surface area contributed by atoms with E-state index >= 15 is 0 Å². The van der Waals surface area contributed by atoms with Crippen molar-refractivity contribution in [1.29, 1.82) is 0 Å². The summed E-state index contributed by atoms with van der Waals surface area (Å²) in [6.07, 6.45) is 4.77. The smallest absolute Gasteiger partial charge is 0.263 e. The lowest BCUT2D eigenvalue weighted by Gasteiger charge is -2.36. The fourth-order valence-corrected chi connectivity index (χ4v) is 7.70. The number of carbonyl (C=O) groups is 1. The average Bonchev–Trinajstić information content (AvgIpc) is 3.34. The third-order valence-corrected chi connectivity index (χ3v) is 9.69. The van der Waals surface area contributed by atoms with Gasteiger partial charge in [-0.05, 0) is 48.9 Å². The number of aromatic nitrogens is 2. The molecule has 3 heterocycles. The Kier molecular flexibility index (Phi) is 7.51. The lowest BCUT2D eigenvalue weighted by Crippen LogP contribution is -2.48. The first kappa shape index (κ1) is 25.2. The number of para-hydroxylation sites is 1. The van der Waals surface area contributed by atoms with Crippen LogP contribution in [0.5, 0.6) is 0 Å². The van der Waals surface area contributed by atoms with Crippen molar-refractivity contribution in [3.8, 4) is 0 Å². The highest BCUT2D eigenvalue weighted by molar-refractivity contribution is 7.99. The second-order valence-electron chi connectivity index (χ2n) is 9.96. The number of aryl methyl sites for hydroxylation is 2. The van der Waals surface area contributed by atoms with Crippen molar-refractivity contribution in [3.63, 3.8) is 0 Å². The first-order valence-corrected chi connectivity index (χ1v) is 15.3. The second kappa shape index (κ2) is 11.3. The first-order valence-electron chi connectivity index (χ1n) is 13.5. The number of piperazine rings is 1. The molecule has 1 aliphatic heterocycles. The van der Waals surface area contributed by atoms with Crippen LogP contribution in [0.1, 0.15) is 35.3 Å². The number of hydrogen-bond donors (Lipinski definition) is 0. The Labute approximate surface area is 231 Å². The molecule has 196 valence electrons. The van der Waals surface area contributed by atoms with Crippen molar-refractivity contribution in [2.24, 2.45) is 0 Å². The minimum Gasteiger partial charge on any atom is -0.368 e. The minimum atomic E-state index is 0.0594. The number of amides is 1. The zero-order valence-corrected chi connectivity index (χ0v) is 23.1. The molecule has 0 radical (unpaired) electrons. The van der Waals surface area contributed by atoms with Crippen LogP contribution < -0.4 is 10.5 Å². The summed E-state index contributed by atoms with van der Waals surface area (Å²) in [6.45, 7) is 3.66. The van der Waals surface area contributed by atoms with Crippen LogP contribution in [0.15, 0.2) is 70.6 Å². The Morgan fingerprint density at radius 3 is 2.39 bits per heavy atom. The van der Waals surface area contributed by atoms with E-state index in [0.29, 0.717) is 23.9 Å². The summed E-state index contributed by atoms with van der Waals surface area (Å²) in [6, 6.07) is 20.5. The molecule has 2 aliphatic rings. The van der Waals surface area contributed by atoms with E-state index in [0.717, 1.165) is 61.2 Å². The molecule has 6 rings (SSSR count).